The summed E-state index contributed by atoms with van der Waals surface area (Å²) in [6.07, 6.45) is 2.97. The van der Waals surface area contributed by atoms with E-state index in [9.17, 15) is 10.1 Å². The van der Waals surface area contributed by atoms with Crippen LogP contribution in [0.1, 0.15) is 5.56 Å². The van der Waals surface area contributed by atoms with Crippen LogP contribution in [0.5, 0.6) is 0 Å². The molecule has 0 aliphatic carbocycles. The number of nitrogens with two attached hydrogens (primary N) is 1. The zero-order valence-electron chi connectivity index (χ0n) is 9.08. The van der Waals surface area contributed by atoms with Gasteiger partial charge < -0.3 is 15.5 Å². The van der Waals surface area contributed by atoms with Gasteiger partial charge in [-0.1, -0.05) is 11.6 Å². The summed E-state index contributed by atoms with van der Waals surface area (Å²) in [5.74, 6) is 5.38. The predicted molar refractivity (Wildman–Crippen MR) is 65.0 cm³/mol. The lowest BCUT2D eigenvalue weighted by Gasteiger charge is -2.01. The maximum atomic E-state index is 10.6. The van der Waals surface area contributed by atoms with Crippen LogP contribution >= 0.6 is 11.6 Å². The molecule has 0 atom stereocenters. The summed E-state index contributed by atoms with van der Waals surface area (Å²) in [6, 6.07) is 3.46. The Labute approximate surface area is 106 Å². The van der Waals surface area contributed by atoms with E-state index in [-0.39, 0.29) is 10.8 Å². The molecule has 0 saturated carbocycles. The van der Waals surface area contributed by atoms with Gasteiger partial charge in [-0.25, -0.2) is 10.8 Å². The number of hydrogen-bond acceptors (Lipinski definition) is 6. The molecule has 18 heavy (non-hydrogen) atoms. The molecule has 2 aromatic heterocycles. The number of anilines is 1. The molecule has 2 aromatic rings. The van der Waals surface area contributed by atoms with Gasteiger partial charge in [0.2, 0.25) is 0 Å². The number of halogens is 1. The van der Waals surface area contributed by atoms with Crippen molar-refractivity contribution in [3.63, 3.8) is 0 Å². The van der Waals surface area contributed by atoms with Gasteiger partial charge in [0.05, 0.1) is 17.8 Å². The largest absolute Gasteiger partial charge is 0.408 e. The van der Waals surface area contributed by atoms with E-state index in [0.29, 0.717) is 12.4 Å². The van der Waals surface area contributed by atoms with Crippen molar-refractivity contribution in [3.8, 4) is 0 Å². The molecular formula is C9H9ClN6O2. The molecule has 0 saturated heterocycles. The van der Waals surface area contributed by atoms with E-state index in [1.54, 1.807) is 18.3 Å². The minimum absolute atomic E-state index is 0.00577. The molecule has 0 radical (unpaired) electrons. The number of pyridine rings is 1. The van der Waals surface area contributed by atoms with Gasteiger partial charge in [-0.15, -0.1) is 0 Å². The van der Waals surface area contributed by atoms with Crippen LogP contribution in [0, 0.1) is 10.1 Å². The van der Waals surface area contributed by atoms with Crippen molar-refractivity contribution in [1.29, 1.82) is 0 Å². The minimum atomic E-state index is -0.627. The van der Waals surface area contributed by atoms with E-state index in [0.717, 1.165) is 5.56 Å². The summed E-state index contributed by atoms with van der Waals surface area (Å²) >= 11 is 5.70. The van der Waals surface area contributed by atoms with Crippen LogP contribution in [0.4, 0.5) is 11.6 Å². The van der Waals surface area contributed by atoms with Crippen LogP contribution < -0.4 is 11.3 Å². The van der Waals surface area contributed by atoms with Crippen molar-refractivity contribution in [3.05, 3.63) is 45.2 Å². The fourth-order valence-corrected chi connectivity index (χ4v) is 1.65. The van der Waals surface area contributed by atoms with Crippen LogP contribution in [0.3, 0.4) is 0 Å². The first-order valence-electron chi connectivity index (χ1n) is 4.89. The molecule has 0 bridgehead atoms. The minimum Gasteiger partial charge on any atom is -0.358 e. The molecule has 0 aliphatic heterocycles. The Morgan fingerprint density at radius 3 is 3.00 bits per heavy atom. The quantitative estimate of drug-likeness (QED) is 0.489. The molecule has 2 rings (SSSR count). The van der Waals surface area contributed by atoms with Gasteiger partial charge >= 0.3 is 5.82 Å². The highest BCUT2D eigenvalue weighted by molar-refractivity contribution is 6.32. The molecule has 0 aliphatic rings. The van der Waals surface area contributed by atoms with Crippen molar-refractivity contribution in [2.45, 2.75) is 6.54 Å². The van der Waals surface area contributed by atoms with E-state index >= 15 is 0 Å². The van der Waals surface area contributed by atoms with Gasteiger partial charge in [0.1, 0.15) is 5.82 Å². The third-order valence-electron chi connectivity index (χ3n) is 2.19. The van der Waals surface area contributed by atoms with Crippen LogP contribution in [0.25, 0.3) is 0 Å². The lowest BCUT2D eigenvalue weighted by atomic mass is 10.2. The zero-order chi connectivity index (χ0) is 13.1. The van der Waals surface area contributed by atoms with Gasteiger partial charge in [-0.3, -0.25) is 0 Å². The Bertz CT molecular complexity index is 584. The highest BCUT2D eigenvalue weighted by Crippen LogP contribution is 2.21. The Kier molecular flexibility index (Phi) is 3.40. The molecule has 0 unspecified atom stereocenters. The average Bonchev–Trinajstić information content (AvgIpc) is 2.70. The Morgan fingerprint density at radius 2 is 2.39 bits per heavy atom. The summed E-state index contributed by atoms with van der Waals surface area (Å²) in [4.78, 5) is 13.9. The van der Waals surface area contributed by atoms with Crippen molar-refractivity contribution in [2.75, 3.05) is 5.43 Å². The zero-order valence-corrected chi connectivity index (χ0v) is 9.83. The SMILES string of the molecule is NNc1cc(Cn2cc(Cl)c([N+](=O)[O-])n2)ccn1. The fraction of sp³-hybridized carbons (Fsp3) is 0.111. The van der Waals surface area contributed by atoms with Crippen molar-refractivity contribution in [1.82, 2.24) is 14.8 Å². The summed E-state index contributed by atoms with van der Waals surface area (Å²) in [7, 11) is 0. The van der Waals surface area contributed by atoms with Gasteiger partial charge in [-0.2, -0.15) is 4.68 Å². The van der Waals surface area contributed by atoms with E-state index in [1.165, 1.54) is 10.9 Å². The molecule has 3 N–H and O–H groups in total. The van der Waals surface area contributed by atoms with Gasteiger partial charge in [0.15, 0.2) is 5.02 Å². The third kappa shape index (κ3) is 2.55. The number of nitrogens with zero attached hydrogens (tertiary/aromatic N) is 4. The molecule has 8 nitrogen and oxygen atoms in total. The summed E-state index contributed by atoms with van der Waals surface area (Å²) in [5.41, 5.74) is 3.25. The predicted octanol–water partition coefficient (Wildman–Crippen LogP) is 1.17. The Hall–Kier alpha value is -2.19. The van der Waals surface area contributed by atoms with E-state index in [1.807, 2.05) is 0 Å². The van der Waals surface area contributed by atoms with Crippen molar-refractivity contribution in [2.24, 2.45) is 5.84 Å². The lowest BCUT2D eigenvalue weighted by Crippen LogP contribution is -2.09. The van der Waals surface area contributed by atoms with Gasteiger partial charge in [-0.05, 0) is 22.6 Å². The highest BCUT2D eigenvalue weighted by Gasteiger charge is 2.18. The molecule has 0 spiro atoms. The van der Waals surface area contributed by atoms with Crippen LogP contribution in [-0.2, 0) is 6.54 Å². The second-order valence-electron chi connectivity index (χ2n) is 3.45. The fourth-order valence-electron chi connectivity index (χ4n) is 1.43. The first-order chi connectivity index (χ1) is 8.60. The Morgan fingerprint density at radius 1 is 1.61 bits per heavy atom. The van der Waals surface area contributed by atoms with Crippen molar-refractivity contribution < 1.29 is 4.92 Å². The molecule has 0 aromatic carbocycles. The van der Waals surface area contributed by atoms with Crippen LogP contribution in [0.2, 0.25) is 5.02 Å². The summed E-state index contributed by atoms with van der Waals surface area (Å²) < 4.78 is 1.39. The number of rotatable bonds is 4. The maximum Gasteiger partial charge on any atom is 0.408 e. The van der Waals surface area contributed by atoms with Gasteiger partial charge in [0.25, 0.3) is 0 Å². The molecule has 0 fully saturated rings. The topological polar surface area (TPSA) is 112 Å². The number of aromatic nitrogens is 3. The Balaban J connectivity index is 2.23. The van der Waals surface area contributed by atoms with Crippen LogP contribution in [0.15, 0.2) is 24.5 Å². The molecule has 94 valence electrons. The molecule has 2 heterocycles. The summed E-state index contributed by atoms with van der Waals surface area (Å²) in [6.45, 7) is 0.338. The normalized spacial score (nSPS) is 10.3. The second kappa shape index (κ2) is 4.98. The summed E-state index contributed by atoms with van der Waals surface area (Å²) in [5, 5.41) is 14.4. The number of nitrogens with one attached hydrogen (secondary N) is 1. The standard InChI is InChI=1S/C9H9ClN6O2/c10-7-5-15(14-9(7)16(17)18)4-6-1-2-12-8(3-6)13-11/h1-3,5H,4,11H2,(H,12,13). The van der Waals surface area contributed by atoms with Crippen molar-refractivity contribution >= 4 is 23.2 Å². The molecule has 9 heteroatoms. The monoisotopic (exact) mass is 268 g/mol. The number of hydrazine groups is 1. The second-order valence-corrected chi connectivity index (χ2v) is 3.86. The number of nitro groups is 1. The molecular weight excluding hydrogens is 260 g/mol. The lowest BCUT2D eigenvalue weighted by molar-refractivity contribution is -0.389. The smallest absolute Gasteiger partial charge is 0.358 e. The van der Waals surface area contributed by atoms with E-state index < -0.39 is 4.92 Å². The first kappa shape index (κ1) is 12.3. The highest BCUT2D eigenvalue weighted by atomic mass is 35.5. The van der Waals surface area contributed by atoms with E-state index in [4.69, 9.17) is 17.4 Å². The first-order valence-corrected chi connectivity index (χ1v) is 5.27. The number of hydrogen-bond donors (Lipinski definition) is 2. The van der Waals surface area contributed by atoms with E-state index in [2.05, 4.69) is 15.5 Å². The maximum absolute atomic E-state index is 10.6. The third-order valence-corrected chi connectivity index (χ3v) is 2.46. The average molecular weight is 269 g/mol. The molecule has 0 amide bonds. The van der Waals surface area contributed by atoms with Crippen LogP contribution in [-0.4, -0.2) is 19.7 Å². The number of nitrogen functional groups attached to an aromatic ring is 1. The van der Waals surface area contributed by atoms with Gasteiger partial charge in [0, 0.05) is 6.20 Å².